The maximum atomic E-state index is 12.6. The predicted molar refractivity (Wildman–Crippen MR) is 136 cm³/mol. The molecule has 0 aliphatic carbocycles. The predicted octanol–water partition coefficient (Wildman–Crippen LogP) is 5.79. The van der Waals surface area contributed by atoms with E-state index in [4.69, 9.17) is 9.47 Å². The molecule has 9 nitrogen and oxygen atoms in total. The second kappa shape index (κ2) is 11.3. The molecule has 1 N–H and O–H groups in total. The fraction of sp³-hybridized carbons (Fsp3) is 0.522. The Labute approximate surface area is 212 Å². The Hall–Kier alpha value is -2.53. The topological polar surface area (TPSA) is 111 Å². The molecule has 0 radical (unpaired) electrons. The first-order valence-corrected chi connectivity index (χ1v) is 12.4. The molecule has 2 amide bonds. The van der Waals surface area contributed by atoms with Crippen molar-refractivity contribution in [1.82, 2.24) is 9.97 Å². The number of esters is 1. The van der Waals surface area contributed by atoms with Gasteiger partial charge in [-0.25, -0.2) is 14.8 Å². The monoisotopic (exact) mass is 554 g/mol. The summed E-state index contributed by atoms with van der Waals surface area (Å²) in [6, 6.07) is 1.63. The van der Waals surface area contributed by atoms with Crippen LogP contribution < -0.4 is 10.2 Å². The van der Waals surface area contributed by atoms with Crippen molar-refractivity contribution in [3.63, 3.8) is 0 Å². The first-order valence-electron chi connectivity index (χ1n) is 10.8. The van der Waals surface area contributed by atoms with Crippen LogP contribution in [0.2, 0.25) is 0 Å². The first kappa shape index (κ1) is 27.7. The normalized spacial score (nSPS) is 11.6. The van der Waals surface area contributed by atoms with E-state index in [0.717, 1.165) is 15.3 Å². The van der Waals surface area contributed by atoms with Gasteiger partial charge in [0.1, 0.15) is 17.0 Å². The van der Waals surface area contributed by atoms with Crippen molar-refractivity contribution in [1.29, 1.82) is 0 Å². The summed E-state index contributed by atoms with van der Waals surface area (Å²) in [5.41, 5.74) is -0.531. The molecule has 0 aliphatic heterocycles. The molecule has 0 saturated heterocycles. The van der Waals surface area contributed by atoms with Gasteiger partial charge in [0.05, 0.1) is 4.88 Å². The average Bonchev–Trinajstić information content (AvgIpc) is 3.12. The Balaban J connectivity index is 2.11. The van der Waals surface area contributed by atoms with E-state index < -0.39 is 23.2 Å². The van der Waals surface area contributed by atoms with Gasteiger partial charge in [-0.05, 0) is 70.0 Å². The van der Waals surface area contributed by atoms with Crippen LogP contribution in [0.3, 0.4) is 0 Å². The lowest BCUT2D eigenvalue weighted by Crippen LogP contribution is -2.40. The van der Waals surface area contributed by atoms with E-state index in [1.54, 1.807) is 33.0 Å². The zero-order valence-corrected chi connectivity index (χ0v) is 22.9. The van der Waals surface area contributed by atoms with E-state index in [9.17, 15) is 14.4 Å². The molecule has 0 atom stereocenters. The van der Waals surface area contributed by atoms with Crippen molar-refractivity contribution < 1.29 is 23.9 Å². The van der Waals surface area contributed by atoms with Crippen LogP contribution in [-0.2, 0) is 19.1 Å². The molecule has 2 aromatic rings. The number of anilines is 2. The zero-order chi connectivity index (χ0) is 25.7. The summed E-state index contributed by atoms with van der Waals surface area (Å²) >= 11 is 4.88. The van der Waals surface area contributed by atoms with E-state index in [0.29, 0.717) is 29.0 Å². The number of amides is 2. The second-order valence-corrected chi connectivity index (χ2v) is 11.4. The minimum atomic E-state index is -0.794. The molecule has 2 rings (SSSR count). The van der Waals surface area contributed by atoms with E-state index >= 15 is 0 Å². The van der Waals surface area contributed by atoms with Gasteiger partial charge in [-0.1, -0.05) is 11.3 Å². The maximum absolute atomic E-state index is 12.6. The molecule has 186 valence electrons. The fourth-order valence-electron chi connectivity index (χ4n) is 2.73. The lowest BCUT2D eigenvalue weighted by molar-refractivity contribution is -0.154. The number of hydrogen-bond donors (Lipinski definition) is 1. The fourth-order valence-corrected chi connectivity index (χ4v) is 4.16. The lowest BCUT2D eigenvalue weighted by atomic mass is 10.2. The molecule has 2 aromatic heterocycles. The van der Waals surface area contributed by atoms with Gasteiger partial charge in [0, 0.05) is 42.3 Å². The van der Waals surface area contributed by atoms with Gasteiger partial charge in [0.25, 0.3) is 0 Å². The number of aromatic nitrogens is 2. The number of rotatable bonds is 7. The van der Waals surface area contributed by atoms with Gasteiger partial charge >= 0.3 is 12.1 Å². The first-order chi connectivity index (χ1) is 15.7. The van der Waals surface area contributed by atoms with Gasteiger partial charge in [-0.2, -0.15) is 4.90 Å². The van der Waals surface area contributed by atoms with Crippen LogP contribution in [0.15, 0.2) is 22.9 Å². The number of nitrogens with zero attached hydrogens (tertiary/aromatic N) is 3. The van der Waals surface area contributed by atoms with Crippen molar-refractivity contribution in [2.45, 2.75) is 72.5 Å². The summed E-state index contributed by atoms with van der Waals surface area (Å²) in [6.45, 7) is 12.5. The molecule has 34 heavy (non-hydrogen) atoms. The van der Waals surface area contributed by atoms with E-state index in [1.807, 2.05) is 20.8 Å². The molecule has 0 saturated carbocycles. The molecule has 2 heterocycles. The average molecular weight is 555 g/mol. The van der Waals surface area contributed by atoms with Gasteiger partial charge in [-0.3, -0.25) is 9.59 Å². The molecule has 0 bridgehead atoms. The van der Waals surface area contributed by atoms with Crippen LogP contribution in [0.5, 0.6) is 0 Å². The van der Waals surface area contributed by atoms with Crippen LogP contribution in [0, 0.1) is 0 Å². The highest BCUT2D eigenvalue weighted by Gasteiger charge is 2.28. The molecular weight excluding hydrogens is 524 g/mol. The third kappa shape index (κ3) is 8.68. The minimum absolute atomic E-state index is 0.153. The number of thiazole rings is 1. The summed E-state index contributed by atoms with van der Waals surface area (Å²) < 4.78 is 11.3. The van der Waals surface area contributed by atoms with Crippen LogP contribution in [0.4, 0.5) is 15.7 Å². The summed E-state index contributed by atoms with van der Waals surface area (Å²) in [5, 5.41) is 3.88. The minimum Gasteiger partial charge on any atom is -0.460 e. The highest BCUT2D eigenvalue weighted by molar-refractivity contribution is 9.10. The van der Waals surface area contributed by atoms with E-state index in [2.05, 4.69) is 31.2 Å². The smallest absolute Gasteiger partial charge is 0.422 e. The van der Waals surface area contributed by atoms with Gasteiger partial charge < -0.3 is 14.8 Å². The number of hydrogen-bond acceptors (Lipinski definition) is 9. The quantitative estimate of drug-likeness (QED) is 0.338. The van der Waals surface area contributed by atoms with Crippen LogP contribution in [0.25, 0.3) is 10.4 Å². The van der Waals surface area contributed by atoms with Crippen molar-refractivity contribution >= 4 is 56.2 Å². The summed E-state index contributed by atoms with van der Waals surface area (Å²) in [4.78, 5) is 46.9. The molecule has 0 spiro atoms. The third-order valence-corrected chi connectivity index (χ3v) is 5.61. The van der Waals surface area contributed by atoms with Crippen molar-refractivity contribution in [3.05, 3.63) is 22.9 Å². The number of imide groups is 1. The van der Waals surface area contributed by atoms with Crippen LogP contribution in [0.1, 0.15) is 61.3 Å². The molecule has 0 aliphatic rings. The number of halogens is 1. The lowest BCUT2D eigenvalue weighted by Gasteiger charge is -2.25. The number of carbonyl (C=O) groups is 3. The molecule has 0 fully saturated rings. The third-order valence-electron chi connectivity index (χ3n) is 3.99. The van der Waals surface area contributed by atoms with E-state index in [-0.39, 0.29) is 11.8 Å². The highest BCUT2D eigenvalue weighted by Crippen LogP contribution is 2.36. The van der Waals surface area contributed by atoms with Gasteiger partial charge in [0.2, 0.25) is 5.91 Å². The number of ether oxygens (including phenoxy) is 2. The SMILES string of the molecule is CC(=O)N(C(=O)OC(C)(C)C)c1cc(-c2cnc(NCCCC(=O)OC(C)(C)C)s2)c(Br)cn1. The van der Waals surface area contributed by atoms with Crippen molar-refractivity contribution in [3.8, 4) is 10.4 Å². The molecule has 0 unspecified atom stereocenters. The molecular formula is C23H31BrN4O5S. The van der Waals surface area contributed by atoms with Gasteiger partial charge in [0.15, 0.2) is 5.13 Å². The zero-order valence-electron chi connectivity index (χ0n) is 20.5. The number of pyridine rings is 1. The van der Waals surface area contributed by atoms with Crippen molar-refractivity contribution in [2.24, 2.45) is 0 Å². The summed E-state index contributed by atoms with van der Waals surface area (Å²) in [6.07, 6.45) is 3.34. The maximum Gasteiger partial charge on any atom is 0.422 e. The molecule has 11 heteroatoms. The highest BCUT2D eigenvalue weighted by atomic mass is 79.9. The Kier molecular flexibility index (Phi) is 9.18. The van der Waals surface area contributed by atoms with E-state index in [1.165, 1.54) is 24.5 Å². The Morgan fingerprint density at radius 2 is 1.71 bits per heavy atom. The van der Waals surface area contributed by atoms with Gasteiger partial charge in [-0.15, -0.1) is 0 Å². The summed E-state index contributed by atoms with van der Waals surface area (Å²) in [5.74, 6) is -0.589. The molecule has 0 aromatic carbocycles. The van der Waals surface area contributed by atoms with Crippen molar-refractivity contribution in [2.75, 3.05) is 16.8 Å². The largest absolute Gasteiger partial charge is 0.460 e. The Morgan fingerprint density at radius 1 is 1.06 bits per heavy atom. The Morgan fingerprint density at radius 3 is 2.29 bits per heavy atom. The number of carbonyl (C=O) groups excluding carboxylic acids is 3. The summed E-state index contributed by atoms with van der Waals surface area (Å²) in [7, 11) is 0. The van der Waals surface area contributed by atoms with Crippen LogP contribution >= 0.6 is 27.3 Å². The standard InChI is InChI=1S/C23H31BrN4O5S/c1-14(29)28(21(31)33-23(5,6)7)18-11-15(16(24)12-26-18)17-13-27-20(34-17)25-10-8-9-19(30)32-22(2,3)4/h11-13H,8-10H2,1-7H3,(H,25,27). The second-order valence-electron chi connectivity index (χ2n) is 9.50. The van der Waals surface area contributed by atoms with Crippen LogP contribution in [-0.4, -0.2) is 45.7 Å². The number of nitrogens with one attached hydrogen (secondary N) is 1. The Bertz CT molecular complexity index is 1040.